The smallest absolute Gasteiger partial charge is 0.325 e. The first-order valence-corrected chi connectivity index (χ1v) is 6.50. The Morgan fingerprint density at radius 2 is 1.72 bits per heavy atom. The topological polar surface area (TPSA) is 47.6 Å². The average Bonchev–Trinajstić information content (AvgIpc) is 2.19. The van der Waals surface area contributed by atoms with Crippen molar-refractivity contribution in [2.24, 2.45) is 5.41 Å². The molecule has 0 aliphatic carbocycles. The molecular weight excluding hydrogens is 230 g/mol. The van der Waals surface area contributed by atoms with Crippen LogP contribution in [0.3, 0.4) is 0 Å². The van der Waals surface area contributed by atoms with Gasteiger partial charge in [0.1, 0.15) is 6.04 Å². The maximum atomic E-state index is 11.6. The minimum atomic E-state index is -0.392. The van der Waals surface area contributed by atoms with E-state index in [0.29, 0.717) is 6.61 Å². The molecule has 0 amide bonds. The van der Waals surface area contributed by atoms with E-state index in [2.05, 4.69) is 26.1 Å². The predicted molar refractivity (Wildman–Crippen MR) is 73.6 cm³/mol. The number of hydrogen-bond acceptors (Lipinski definition) is 4. The highest BCUT2D eigenvalue weighted by molar-refractivity contribution is 5.75. The summed E-state index contributed by atoms with van der Waals surface area (Å²) in [6.45, 7) is 13.5. The zero-order chi connectivity index (χ0) is 14.4. The SMILES string of the molecule is COC(=O)C(COC(C)(C)C)NCCC(C)(C)C. The first-order valence-electron chi connectivity index (χ1n) is 6.50. The number of nitrogens with one attached hydrogen (secondary N) is 1. The van der Waals surface area contributed by atoms with Crippen LogP contribution >= 0.6 is 0 Å². The van der Waals surface area contributed by atoms with Crippen molar-refractivity contribution in [1.29, 1.82) is 0 Å². The van der Waals surface area contributed by atoms with Gasteiger partial charge in [-0.15, -0.1) is 0 Å². The monoisotopic (exact) mass is 259 g/mol. The van der Waals surface area contributed by atoms with Crippen LogP contribution in [0.4, 0.5) is 0 Å². The fourth-order valence-electron chi connectivity index (χ4n) is 1.31. The van der Waals surface area contributed by atoms with E-state index >= 15 is 0 Å². The quantitative estimate of drug-likeness (QED) is 0.744. The van der Waals surface area contributed by atoms with Gasteiger partial charge >= 0.3 is 5.97 Å². The van der Waals surface area contributed by atoms with Gasteiger partial charge in [-0.25, -0.2) is 0 Å². The van der Waals surface area contributed by atoms with Gasteiger partial charge in [0.2, 0.25) is 0 Å². The lowest BCUT2D eigenvalue weighted by molar-refractivity contribution is -0.146. The molecule has 0 aromatic carbocycles. The van der Waals surface area contributed by atoms with Crippen LogP contribution in [0, 0.1) is 5.41 Å². The number of methoxy groups -OCH3 is 1. The Morgan fingerprint density at radius 3 is 2.11 bits per heavy atom. The van der Waals surface area contributed by atoms with Crippen molar-refractivity contribution in [3.63, 3.8) is 0 Å². The molecule has 0 spiro atoms. The molecule has 108 valence electrons. The Balaban J connectivity index is 4.21. The van der Waals surface area contributed by atoms with E-state index in [0.717, 1.165) is 13.0 Å². The van der Waals surface area contributed by atoms with Gasteiger partial charge in [-0.05, 0) is 39.2 Å². The second kappa shape index (κ2) is 7.10. The molecule has 0 heterocycles. The Kier molecular flexibility index (Phi) is 6.86. The third-order valence-electron chi connectivity index (χ3n) is 2.43. The molecule has 18 heavy (non-hydrogen) atoms. The van der Waals surface area contributed by atoms with Gasteiger partial charge < -0.3 is 14.8 Å². The highest BCUT2D eigenvalue weighted by atomic mass is 16.5. The summed E-state index contributed by atoms with van der Waals surface area (Å²) < 4.78 is 10.4. The summed E-state index contributed by atoms with van der Waals surface area (Å²) in [7, 11) is 1.40. The van der Waals surface area contributed by atoms with Crippen molar-refractivity contribution in [2.75, 3.05) is 20.3 Å². The van der Waals surface area contributed by atoms with E-state index in [1.54, 1.807) is 0 Å². The highest BCUT2D eigenvalue weighted by Gasteiger charge is 2.22. The van der Waals surface area contributed by atoms with Crippen LogP contribution in [0.25, 0.3) is 0 Å². The molecule has 1 atom stereocenters. The van der Waals surface area contributed by atoms with E-state index in [-0.39, 0.29) is 17.0 Å². The van der Waals surface area contributed by atoms with Crippen molar-refractivity contribution in [1.82, 2.24) is 5.32 Å². The molecule has 0 aromatic heterocycles. The predicted octanol–water partition coefficient (Wildman–Crippen LogP) is 2.37. The molecule has 0 aliphatic rings. The normalized spacial score (nSPS) is 14.4. The number of esters is 1. The summed E-state index contributed by atoms with van der Waals surface area (Å²) in [5.74, 6) is -0.270. The first kappa shape index (κ1) is 17.4. The summed E-state index contributed by atoms with van der Waals surface area (Å²) in [6.07, 6.45) is 0.996. The molecule has 0 saturated heterocycles. The number of ether oxygens (including phenoxy) is 2. The molecule has 4 nitrogen and oxygen atoms in total. The third-order valence-corrected chi connectivity index (χ3v) is 2.43. The first-order chi connectivity index (χ1) is 8.05. The minimum absolute atomic E-state index is 0.249. The maximum absolute atomic E-state index is 11.6. The van der Waals surface area contributed by atoms with E-state index in [9.17, 15) is 4.79 Å². The van der Waals surface area contributed by atoms with E-state index in [4.69, 9.17) is 9.47 Å². The highest BCUT2D eigenvalue weighted by Crippen LogP contribution is 2.17. The van der Waals surface area contributed by atoms with Gasteiger partial charge in [-0.1, -0.05) is 20.8 Å². The van der Waals surface area contributed by atoms with Crippen molar-refractivity contribution in [2.45, 2.75) is 59.6 Å². The standard InChI is InChI=1S/C14H29NO3/c1-13(2,3)8-9-15-11(12(16)17-7)10-18-14(4,5)6/h11,15H,8-10H2,1-7H3. The van der Waals surface area contributed by atoms with Crippen molar-refractivity contribution < 1.29 is 14.3 Å². The molecule has 0 aliphatic heterocycles. The summed E-state index contributed by atoms with van der Waals surface area (Å²) in [5.41, 5.74) is -0.00344. The molecule has 0 saturated carbocycles. The van der Waals surface area contributed by atoms with Crippen LogP contribution in [-0.4, -0.2) is 37.9 Å². The summed E-state index contributed by atoms with van der Waals surface area (Å²) in [6, 6.07) is -0.392. The van der Waals surface area contributed by atoms with E-state index in [1.807, 2.05) is 20.8 Å². The van der Waals surface area contributed by atoms with E-state index < -0.39 is 6.04 Å². The van der Waals surface area contributed by atoms with Crippen LogP contribution in [-0.2, 0) is 14.3 Å². The fraction of sp³-hybridized carbons (Fsp3) is 0.929. The molecule has 0 fully saturated rings. The van der Waals surface area contributed by atoms with Crippen LogP contribution in [0.5, 0.6) is 0 Å². The number of carbonyl (C=O) groups excluding carboxylic acids is 1. The largest absolute Gasteiger partial charge is 0.468 e. The second-order valence-corrected chi connectivity index (χ2v) is 6.76. The van der Waals surface area contributed by atoms with Gasteiger partial charge in [-0.2, -0.15) is 0 Å². The zero-order valence-corrected chi connectivity index (χ0v) is 12.9. The summed E-state index contributed by atoms with van der Waals surface area (Å²) >= 11 is 0. The van der Waals surface area contributed by atoms with Crippen molar-refractivity contribution in [3.05, 3.63) is 0 Å². The molecule has 1 N–H and O–H groups in total. The minimum Gasteiger partial charge on any atom is -0.468 e. The molecule has 0 rings (SSSR count). The Hall–Kier alpha value is -0.610. The number of hydrogen-bond donors (Lipinski definition) is 1. The Morgan fingerprint density at radius 1 is 1.17 bits per heavy atom. The molecular formula is C14H29NO3. The molecule has 0 bridgehead atoms. The summed E-state index contributed by atoms with van der Waals surface area (Å²) in [4.78, 5) is 11.6. The lowest BCUT2D eigenvalue weighted by Gasteiger charge is -2.25. The van der Waals surface area contributed by atoms with Gasteiger partial charge in [0.15, 0.2) is 0 Å². The van der Waals surface area contributed by atoms with Crippen LogP contribution in [0.2, 0.25) is 0 Å². The lowest BCUT2D eigenvalue weighted by Crippen LogP contribution is -2.44. The lowest BCUT2D eigenvalue weighted by atomic mass is 9.92. The summed E-state index contributed by atoms with van der Waals surface area (Å²) in [5, 5.41) is 3.20. The van der Waals surface area contributed by atoms with Gasteiger partial charge in [0, 0.05) is 0 Å². The molecule has 0 radical (unpaired) electrons. The van der Waals surface area contributed by atoms with Gasteiger partial charge in [-0.3, -0.25) is 4.79 Å². The van der Waals surface area contributed by atoms with Crippen LogP contribution < -0.4 is 5.32 Å². The Labute approximate surface area is 111 Å². The number of rotatable bonds is 6. The molecule has 4 heteroatoms. The zero-order valence-electron chi connectivity index (χ0n) is 12.9. The van der Waals surface area contributed by atoms with Crippen molar-refractivity contribution in [3.8, 4) is 0 Å². The van der Waals surface area contributed by atoms with Gasteiger partial charge in [0.25, 0.3) is 0 Å². The van der Waals surface area contributed by atoms with Crippen LogP contribution in [0.1, 0.15) is 48.0 Å². The second-order valence-electron chi connectivity index (χ2n) is 6.76. The molecule has 1 unspecified atom stereocenters. The fourth-order valence-corrected chi connectivity index (χ4v) is 1.31. The third kappa shape index (κ3) is 9.42. The molecule has 0 aromatic rings. The van der Waals surface area contributed by atoms with Crippen LogP contribution in [0.15, 0.2) is 0 Å². The van der Waals surface area contributed by atoms with E-state index in [1.165, 1.54) is 7.11 Å². The van der Waals surface area contributed by atoms with Crippen molar-refractivity contribution >= 4 is 5.97 Å². The average molecular weight is 259 g/mol. The Bertz CT molecular complexity index is 251. The maximum Gasteiger partial charge on any atom is 0.325 e. The number of carbonyl (C=O) groups is 1. The van der Waals surface area contributed by atoms with Gasteiger partial charge in [0.05, 0.1) is 19.3 Å².